The average Bonchev–Trinajstić information content (AvgIpc) is 2.11. The van der Waals surface area contributed by atoms with Gasteiger partial charge in [0.2, 0.25) is 0 Å². The van der Waals surface area contributed by atoms with Gasteiger partial charge < -0.3 is 5.32 Å². The molecule has 1 amide bonds. The lowest BCUT2D eigenvalue weighted by Crippen LogP contribution is -2.25. The van der Waals surface area contributed by atoms with E-state index in [9.17, 15) is 4.79 Å². The van der Waals surface area contributed by atoms with Gasteiger partial charge in [0.05, 0.1) is 5.70 Å². The third-order valence-electron chi connectivity index (χ3n) is 1.71. The number of rotatable bonds is 3. The average molecular weight is 194 g/mol. The van der Waals surface area contributed by atoms with Crippen molar-refractivity contribution < 1.29 is 4.79 Å². The number of amides is 1. The van der Waals surface area contributed by atoms with Crippen LogP contribution < -0.4 is 5.32 Å². The van der Waals surface area contributed by atoms with E-state index in [2.05, 4.69) is 16.9 Å². The molecule has 0 aliphatic carbocycles. The summed E-state index contributed by atoms with van der Waals surface area (Å²) >= 11 is 0. The van der Waals surface area contributed by atoms with Crippen LogP contribution in [0.3, 0.4) is 0 Å². The van der Waals surface area contributed by atoms with Crippen molar-refractivity contribution in [3.05, 3.63) is 23.4 Å². The van der Waals surface area contributed by atoms with E-state index in [0.717, 1.165) is 16.8 Å². The van der Waals surface area contributed by atoms with Crippen molar-refractivity contribution in [3.8, 4) is 0 Å². The molecule has 1 N–H and O–H groups in total. The Morgan fingerprint density at radius 3 is 2.00 bits per heavy atom. The molecule has 0 rings (SSSR count). The molecule has 0 aliphatic rings. The summed E-state index contributed by atoms with van der Waals surface area (Å²) in [5.74, 6) is -0.162. The predicted octanol–water partition coefficient (Wildman–Crippen LogP) is 2.06. The Morgan fingerprint density at radius 2 is 1.71 bits per heavy atom. The van der Waals surface area contributed by atoms with Crippen LogP contribution in [-0.2, 0) is 4.79 Å². The lowest BCUT2D eigenvalue weighted by molar-refractivity contribution is -0.114. The molecular weight excluding hydrogens is 176 g/mol. The van der Waals surface area contributed by atoms with E-state index < -0.39 is 0 Å². The zero-order valence-corrected chi connectivity index (χ0v) is 9.56. The number of carbonyl (C=O) groups is 1. The molecule has 0 aromatic carbocycles. The molecule has 78 valence electrons. The molecule has 0 saturated heterocycles. The maximum absolute atomic E-state index is 11.2. The third-order valence-corrected chi connectivity index (χ3v) is 1.71. The van der Waals surface area contributed by atoms with Gasteiger partial charge in [-0.1, -0.05) is 12.2 Å². The van der Waals surface area contributed by atoms with Crippen molar-refractivity contribution in [2.75, 3.05) is 7.05 Å². The third kappa shape index (κ3) is 3.56. The Hall–Kier alpha value is -1.38. The van der Waals surface area contributed by atoms with Gasteiger partial charge in [0, 0.05) is 7.05 Å². The first-order chi connectivity index (χ1) is 6.40. The molecule has 0 aromatic rings. The number of aliphatic imine (C=N–C) groups is 1. The molecular formula is C11H18N2O. The van der Waals surface area contributed by atoms with Gasteiger partial charge in [-0.05, 0) is 33.3 Å². The quantitative estimate of drug-likeness (QED) is 0.542. The largest absolute Gasteiger partial charge is 0.354 e. The van der Waals surface area contributed by atoms with Crippen LogP contribution in [-0.4, -0.2) is 18.7 Å². The molecule has 0 heterocycles. The van der Waals surface area contributed by atoms with Crippen molar-refractivity contribution in [3.63, 3.8) is 0 Å². The van der Waals surface area contributed by atoms with E-state index in [1.807, 2.05) is 20.8 Å². The summed E-state index contributed by atoms with van der Waals surface area (Å²) < 4.78 is 0. The SMILES string of the molecule is C=C(C)C(N=C(C)C(=O)NC)=C(C)C. The van der Waals surface area contributed by atoms with Gasteiger partial charge in [-0.3, -0.25) is 4.79 Å². The molecule has 0 atom stereocenters. The van der Waals surface area contributed by atoms with E-state index >= 15 is 0 Å². The second-order valence-electron chi connectivity index (χ2n) is 3.41. The van der Waals surface area contributed by atoms with E-state index in [4.69, 9.17) is 0 Å². The molecule has 0 aromatic heterocycles. The van der Waals surface area contributed by atoms with E-state index in [-0.39, 0.29) is 5.91 Å². The minimum Gasteiger partial charge on any atom is -0.354 e. The summed E-state index contributed by atoms with van der Waals surface area (Å²) in [6, 6.07) is 0. The summed E-state index contributed by atoms with van der Waals surface area (Å²) in [6.07, 6.45) is 0. The first-order valence-corrected chi connectivity index (χ1v) is 4.50. The van der Waals surface area contributed by atoms with Gasteiger partial charge in [0.1, 0.15) is 5.71 Å². The smallest absolute Gasteiger partial charge is 0.265 e. The summed E-state index contributed by atoms with van der Waals surface area (Å²) in [5, 5.41) is 2.53. The van der Waals surface area contributed by atoms with Gasteiger partial charge in [-0.2, -0.15) is 0 Å². The lowest BCUT2D eigenvalue weighted by Gasteiger charge is -2.05. The Balaban J connectivity index is 5.04. The summed E-state index contributed by atoms with van der Waals surface area (Å²) in [5.41, 5.74) is 3.17. The van der Waals surface area contributed by atoms with Crippen molar-refractivity contribution in [1.82, 2.24) is 5.32 Å². The first kappa shape index (κ1) is 12.6. The molecule has 0 radical (unpaired) electrons. The molecule has 0 saturated carbocycles. The maximum atomic E-state index is 11.2. The highest BCUT2D eigenvalue weighted by Gasteiger charge is 2.05. The van der Waals surface area contributed by atoms with Crippen LogP contribution in [0, 0.1) is 0 Å². The number of allylic oxidation sites excluding steroid dienone is 2. The van der Waals surface area contributed by atoms with Crippen molar-refractivity contribution in [2.24, 2.45) is 4.99 Å². The predicted molar refractivity (Wildman–Crippen MR) is 60.4 cm³/mol. The molecule has 0 fully saturated rings. The van der Waals surface area contributed by atoms with Crippen LogP contribution >= 0.6 is 0 Å². The second-order valence-corrected chi connectivity index (χ2v) is 3.41. The molecule has 0 aliphatic heterocycles. The van der Waals surface area contributed by atoms with Crippen LogP contribution in [0.2, 0.25) is 0 Å². The Labute approximate surface area is 85.6 Å². The van der Waals surface area contributed by atoms with Crippen LogP contribution in [0.5, 0.6) is 0 Å². The minimum atomic E-state index is -0.162. The molecule has 14 heavy (non-hydrogen) atoms. The Morgan fingerprint density at radius 1 is 1.21 bits per heavy atom. The lowest BCUT2D eigenvalue weighted by atomic mass is 10.1. The highest BCUT2D eigenvalue weighted by atomic mass is 16.1. The van der Waals surface area contributed by atoms with Crippen LogP contribution in [0.15, 0.2) is 28.4 Å². The maximum Gasteiger partial charge on any atom is 0.265 e. The zero-order valence-electron chi connectivity index (χ0n) is 9.56. The van der Waals surface area contributed by atoms with Gasteiger partial charge in [-0.15, -0.1) is 0 Å². The van der Waals surface area contributed by atoms with Gasteiger partial charge >= 0.3 is 0 Å². The first-order valence-electron chi connectivity index (χ1n) is 4.50. The van der Waals surface area contributed by atoms with Gasteiger partial charge in [0.25, 0.3) is 5.91 Å². The van der Waals surface area contributed by atoms with Crippen molar-refractivity contribution in [2.45, 2.75) is 27.7 Å². The highest BCUT2D eigenvalue weighted by molar-refractivity contribution is 6.38. The Bertz CT molecular complexity index is 307. The van der Waals surface area contributed by atoms with E-state index in [1.165, 1.54) is 0 Å². The molecule has 0 bridgehead atoms. The minimum absolute atomic E-state index is 0.162. The number of nitrogens with zero attached hydrogens (tertiary/aromatic N) is 1. The standard InChI is InChI=1S/C11H18N2O/c1-7(2)10(8(3)4)13-9(5)11(14)12-6/h1H2,2-6H3,(H,12,14). The fraction of sp³-hybridized carbons (Fsp3) is 0.455. The summed E-state index contributed by atoms with van der Waals surface area (Å²) in [4.78, 5) is 15.4. The van der Waals surface area contributed by atoms with E-state index in [0.29, 0.717) is 5.71 Å². The highest BCUT2D eigenvalue weighted by Crippen LogP contribution is 2.14. The topological polar surface area (TPSA) is 41.5 Å². The Kier molecular flexibility index (Phi) is 4.84. The number of carbonyl (C=O) groups excluding carboxylic acids is 1. The zero-order chi connectivity index (χ0) is 11.3. The van der Waals surface area contributed by atoms with Gasteiger partial charge in [-0.25, -0.2) is 4.99 Å². The van der Waals surface area contributed by atoms with Crippen LogP contribution in [0.4, 0.5) is 0 Å². The van der Waals surface area contributed by atoms with Crippen molar-refractivity contribution in [1.29, 1.82) is 0 Å². The molecule has 3 heteroatoms. The van der Waals surface area contributed by atoms with Crippen LogP contribution in [0.1, 0.15) is 27.7 Å². The molecule has 3 nitrogen and oxygen atoms in total. The van der Waals surface area contributed by atoms with Crippen molar-refractivity contribution >= 4 is 11.6 Å². The van der Waals surface area contributed by atoms with Crippen LogP contribution in [0.25, 0.3) is 0 Å². The monoisotopic (exact) mass is 194 g/mol. The number of nitrogens with one attached hydrogen (secondary N) is 1. The normalized spacial score (nSPS) is 10.8. The fourth-order valence-corrected chi connectivity index (χ4v) is 1.03. The second kappa shape index (κ2) is 5.37. The molecule has 0 unspecified atom stereocenters. The summed E-state index contributed by atoms with van der Waals surface area (Å²) in [7, 11) is 1.59. The van der Waals surface area contributed by atoms with E-state index in [1.54, 1.807) is 14.0 Å². The summed E-state index contributed by atoms with van der Waals surface area (Å²) in [6.45, 7) is 11.3. The number of hydrogen-bond acceptors (Lipinski definition) is 2. The number of hydrogen-bond donors (Lipinski definition) is 1. The van der Waals surface area contributed by atoms with Gasteiger partial charge in [0.15, 0.2) is 0 Å². The molecule has 0 spiro atoms. The fourth-order valence-electron chi connectivity index (χ4n) is 1.03.